The van der Waals surface area contributed by atoms with Gasteiger partial charge in [0, 0.05) is 24.0 Å². The predicted octanol–water partition coefficient (Wildman–Crippen LogP) is 1.50. The van der Waals surface area contributed by atoms with E-state index in [1.54, 1.807) is 11.3 Å². The van der Waals surface area contributed by atoms with Gasteiger partial charge in [0.2, 0.25) is 5.91 Å². The number of amides is 1. The molecule has 3 heterocycles. The molecule has 4 heteroatoms. The van der Waals surface area contributed by atoms with Crippen molar-refractivity contribution in [3.05, 3.63) is 22.4 Å². The minimum atomic E-state index is 0.257. The van der Waals surface area contributed by atoms with Gasteiger partial charge in [0.1, 0.15) is 0 Å². The predicted molar refractivity (Wildman–Crippen MR) is 69.1 cm³/mol. The third-order valence-corrected chi connectivity index (χ3v) is 4.77. The highest BCUT2D eigenvalue weighted by Gasteiger charge is 2.40. The Kier molecular flexibility index (Phi) is 3.16. The van der Waals surface area contributed by atoms with Crippen LogP contribution in [0.25, 0.3) is 0 Å². The molecule has 3 nitrogen and oxygen atoms in total. The van der Waals surface area contributed by atoms with Gasteiger partial charge >= 0.3 is 0 Å². The lowest BCUT2D eigenvalue weighted by molar-refractivity contribution is -0.131. The molecule has 0 spiro atoms. The molecule has 1 aromatic rings. The van der Waals surface area contributed by atoms with Gasteiger partial charge in [-0.1, -0.05) is 6.07 Å². The van der Waals surface area contributed by atoms with E-state index in [9.17, 15) is 4.79 Å². The van der Waals surface area contributed by atoms with E-state index in [0.717, 1.165) is 38.9 Å². The standard InChI is InChI=1S/C13H18N2OS/c16-13-11-4-1-6-14-12(11)9-15(13)7-5-10-3-2-8-17-10/h2-3,8,11-12,14H,1,4-7,9H2. The molecule has 2 aliphatic rings. The molecule has 1 amide bonds. The summed E-state index contributed by atoms with van der Waals surface area (Å²) in [5.41, 5.74) is 0. The van der Waals surface area contributed by atoms with E-state index in [2.05, 4.69) is 22.8 Å². The molecular formula is C13H18N2OS. The van der Waals surface area contributed by atoms with Crippen molar-refractivity contribution in [2.24, 2.45) is 5.92 Å². The van der Waals surface area contributed by atoms with Crippen LogP contribution in [0.4, 0.5) is 0 Å². The summed E-state index contributed by atoms with van der Waals surface area (Å²) in [6.07, 6.45) is 3.22. The van der Waals surface area contributed by atoms with Crippen LogP contribution in [-0.4, -0.2) is 36.5 Å². The fourth-order valence-corrected chi connectivity index (χ4v) is 3.60. The average Bonchev–Trinajstić information content (AvgIpc) is 2.96. The molecule has 92 valence electrons. The maximum absolute atomic E-state index is 12.2. The van der Waals surface area contributed by atoms with Crippen molar-refractivity contribution in [1.82, 2.24) is 10.2 Å². The monoisotopic (exact) mass is 250 g/mol. The normalized spacial score (nSPS) is 28.5. The van der Waals surface area contributed by atoms with Gasteiger partial charge in [-0.05, 0) is 37.3 Å². The molecule has 2 saturated heterocycles. The van der Waals surface area contributed by atoms with Crippen LogP contribution in [0, 0.1) is 5.92 Å². The summed E-state index contributed by atoms with van der Waals surface area (Å²) in [5, 5.41) is 5.57. The number of thiophene rings is 1. The lowest BCUT2D eigenvalue weighted by Gasteiger charge is -2.23. The van der Waals surface area contributed by atoms with Crippen molar-refractivity contribution >= 4 is 17.2 Å². The summed E-state index contributed by atoms with van der Waals surface area (Å²) in [4.78, 5) is 15.6. The Morgan fingerprint density at radius 2 is 2.47 bits per heavy atom. The summed E-state index contributed by atoms with van der Waals surface area (Å²) < 4.78 is 0. The van der Waals surface area contributed by atoms with Gasteiger partial charge in [-0.25, -0.2) is 0 Å². The maximum atomic E-state index is 12.2. The molecule has 2 aliphatic heterocycles. The second kappa shape index (κ2) is 4.78. The Bertz CT molecular complexity index is 390. The molecular weight excluding hydrogens is 232 g/mol. The number of likely N-dealkylation sites (tertiary alicyclic amines) is 1. The minimum Gasteiger partial charge on any atom is -0.340 e. The van der Waals surface area contributed by atoms with E-state index in [4.69, 9.17) is 0 Å². The zero-order valence-corrected chi connectivity index (χ0v) is 10.7. The van der Waals surface area contributed by atoms with Crippen LogP contribution >= 0.6 is 11.3 Å². The lowest BCUT2D eigenvalue weighted by atomic mass is 9.94. The van der Waals surface area contributed by atoms with Crippen LogP contribution in [0.1, 0.15) is 17.7 Å². The summed E-state index contributed by atoms with van der Waals surface area (Å²) in [5.74, 6) is 0.630. The van der Waals surface area contributed by atoms with E-state index >= 15 is 0 Å². The number of carbonyl (C=O) groups excluding carboxylic acids is 1. The number of carbonyl (C=O) groups is 1. The van der Waals surface area contributed by atoms with Crippen molar-refractivity contribution in [3.8, 4) is 0 Å². The zero-order valence-electron chi connectivity index (χ0n) is 9.89. The molecule has 2 atom stereocenters. The van der Waals surface area contributed by atoms with Crippen molar-refractivity contribution in [3.63, 3.8) is 0 Å². The van der Waals surface area contributed by atoms with Gasteiger partial charge in [-0.15, -0.1) is 11.3 Å². The van der Waals surface area contributed by atoms with E-state index in [1.165, 1.54) is 4.88 Å². The molecule has 0 aliphatic carbocycles. The molecule has 2 fully saturated rings. The number of hydrogen-bond donors (Lipinski definition) is 1. The fourth-order valence-electron chi connectivity index (χ4n) is 2.90. The molecule has 0 radical (unpaired) electrons. The summed E-state index contributed by atoms with van der Waals surface area (Å²) in [6, 6.07) is 4.64. The highest BCUT2D eigenvalue weighted by atomic mass is 32.1. The fraction of sp³-hybridized carbons (Fsp3) is 0.615. The number of hydrogen-bond acceptors (Lipinski definition) is 3. The van der Waals surface area contributed by atoms with Crippen molar-refractivity contribution < 1.29 is 4.79 Å². The SMILES string of the molecule is O=C1C2CCCNC2CN1CCc1cccs1. The number of piperidine rings is 1. The molecule has 1 N–H and O–H groups in total. The largest absolute Gasteiger partial charge is 0.340 e. The van der Waals surface area contributed by atoms with Gasteiger partial charge in [0.05, 0.1) is 5.92 Å². The average molecular weight is 250 g/mol. The number of rotatable bonds is 3. The Labute approximate surface area is 106 Å². The van der Waals surface area contributed by atoms with Crippen molar-refractivity contribution in [2.75, 3.05) is 19.6 Å². The zero-order chi connectivity index (χ0) is 11.7. The van der Waals surface area contributed by atoms with Gasteiger partial charge in [-0.3, -0.25) is 4.79 Å². The van der Waals surface area contributed by atoms with E-state index in [-0.39, 0.29) is 5.92 Å². The first-order valence-electron chi connectivity index (χ1n) is 6.39. The third kappa shape index (κ3) is 2.24. The van der Waals surface area contributed by atoms with Crippen molar-refractivity contribution in [1.29, 1.82) is 0 Å². The molecule has 0 aromatic carbocycles. The highest BCUT2D eigenvalue weighted by Crippen LogP contribution is 2.26. The third-order valence-electron chi connectivity index (χ3n) is 3.84. The lowest BCUT2D eigenvalue weighted by Crippen LogP contribution is -2.41. The smallest absolute Gasteiger partial charge is 0.227 e. The van der Waals surface area contributed by atoms with E-state index in [0.29, 0.717) is 11.9 Å². The first-order valence-corrected chi connectivity index (χ1v) is 7.27. The van der Waals surface area contributed by atoms with Gasteiger partial charge < -0.3 is 10.2 Å². The second-order valence-corrected chi connectivity index (χ2v) is 5.96. The van der Waals surface area contributed by atoms with Crippen LogP contribution in [0.5, 0.6) is 0 Å². The summed E-state index contributed by atoms with van der Waals surface area (Å²) >= 11 is 1.78. The number of fused-ring (bicyclic) bond motifs is 1. The first-order chi connectivity index (χ1) is 8.34. The van der Waals surface area contributed by atoms with Crippen LogP contribution < -0.4 is 5.32 Å². The van der Waals surface area contributed by atoms with Gasteiger partial charge in [0.15, 0.2) is 0 Å². The Morgan fingerprint density at radius 3 is 3.24 bits per heavy atom. The second-order valence-electron chi connectivity index (χ2n) is 4.92. The minimum absolute atomic E-state index is 0.257. The Morgan fingerprint density at radius 1 is 1.53 bits per heavy atom. The van der Waals surface area contributed by atoms with E-state index in [1.807, 2.05) is 4.90 Å². The highest BCUT2D eigenvalue weighted by molar-refractivity contribution is 7.09. The molecule has 0 saturated carbocycles. The van der Waals surface area contributed by atoms with Crippen LogP contribution in [-0.2, 0) is 11.2 Å². The summed E-state index contributed by atoms with van der Waals surface area (Å²) in [6.45, 7) is 2.87. The number of nitrogens with one attached hydrogen (secondary N) is 1. The molecule has 2 unspecified atom stereocenters. The van der Waals surface area contributed by atoms with Crippen molar-refractivity contribution in [2.45, 2.75) is 25.3 Å². The first kappa shape index (κ1) is 11.2. The molecule has 3 rings (SSSR count). The topological polar surface area (TPSA) is 32.3 Å². The molecule has 17 heavy (non-hydrogen) atoms. The van der Waals surface area contributed by atoms with Gasteiger partial charge in [-0.2, -0.15) is 0 Å². The summed E-state index contributed by atoms with van der Waals surface area (Å²) in [7, 11) is 0. The molecule has 1 aromatic heterocycles. The van der Waals surface area contributed by atoms with Crippen LogP contribution in [0.2, 0.25) is 0 Å². The maximum Gasteiger partial charge on any atom is 0.227 e. The number of nitrogens with zero attached hydrogens (tertiary/aromatic N) is 1. The van der Waals surface area contributed by atoms with Crippen LogP contribution in [0.3, 0.4) is 0 Å². The Hall–Kier alpha value is -0.870. The quantitative estimate of drug-likeness (QED) is 0.882. The Balaban J connectivity index is 1.59. The van der Waals surface area contributed by atoms with Gasteiger partial charge in [0.25, 0.3) is 0 Å². The molecule has 0 bridgehead atoms. The van der Waals surface area contributed by atoms with E-state index < -0.39 is 0 Å². The van der Waals surface area contributed by atoms with Crippen LogP contribution in [0.15, 0.2) is 17.5 Å².